The molecular weight excluding hydrogens is 344 g/mol. The maximum Gasteiger partial charge on any atom is 0.338 e. The van der Waals surface area contributed by atoms with E-state index in [4.69, 9.17) is 16.3 Å². The highest BCUT2D eigenvalue weighted by Crippen LogP contribution is 2.23. The van der Waals surface area contributed by atoms with E-state index in [-0.39, 0.29) is 5.97 Å². The summed E-state index contributed by atoms with van der Waals surface area (Å²) in [5.41, 5.74) is 2.20. The van der Waals surface area contributed by atoms with Crippen LogP contribution < -0.4 is 5.32 Å². The van der Waals surface area contributed by atoms with Crippen LogP contribution in [0.15, 0.2) is 41.0 Å². The van der Waals surface area contributed by atoms with Gasteiger partial charge in [0.05, 0.1) is 29.0 Å². The second kappa shape index (κ2) is 6.72. The lowest BCUT2D eigenvalue weighted by atomic mass is 10.1. The van der Waals surface area contributed by atoms with Crippen LogP contribution in [0.5, 0.6) is 0 Å². The van der Waals surface area contributed by atoms with E-state index in [9.17, 15) is 4.79 Å². The van der Waals surface area contributed by atoms with Gasteiger partial charge < -0.3 is 10.1 Å². The van der Waals surface area contributed by atoms with Crippen LogP contribution in [0.25, 0.3) is 0 Å². The van der Waals surface area contributed by atoms with Crippen LogP contribution in [-0.4, -0.2) is 18.1 Å². The molecule has 2 rings (SSSR count). The van der Waals surface area contributed by atoms with Gasteiger partial charge in [-0.2, -0.15) is 0 Å². The van der Waals surface area contributed by atoms with Gasteiger partial charge in [0.15, 0.2) is 0 Å². The first-order valence-electron chi connectivity index (χ1n) is 5.83. The number of pyridine rings is 1. The zero-order valence-electron chi connectivity index (χ0n) is 10.7. The fourth-order valence-corrected chi connectivity index (χ4v) is 2.15. The minimum atomic E-state index is -0.349. The number of hydrogen-bond acceptors (Lipinski definition) is 4. The molecule has 0 fully saturated rings. The van der Waals surface area contributed by atoms with E-state index < -0.39 is 0 Å². The Bertz CT molecular complexity index is 634. The lowest BCUT2D eigenvalue weighted by molar-refractivity contribution is 0.0599. The molecule has 0 aliphatic carbocycles. The molecular formula is C14H12BrClN2O2. The number of rotatable bonds is 4. The fourth-order valence-electron chi connectivity index (χ4n) is 1.70. The Morgan fingerprint density at radius 3 is 2.90 bits per heavy atom. The molecule has 0 unspecified atom stereocenters. The maximum atomic E-state index is 11.7. The van der Waals surface area contributed by atoms with Crippen molar-refractivity contribution in [3.8, 4) is 0 Å². The molecule has 0 atom stereocenters. The molecule has 1 heterocycles. The summed E-state index contributed by atoms with van der Waals surface area (Å²) in [7, 11) is 1.37. The Hall–Kier alpha value is -1.59. The molecule has 1 N–H and O–H groups in total. The number of nitrogens with zero attached hydrogens (tertiary/aromatic N) is 1. The van der Waals surface area contributed by atoms with Crippen LogP contribution in [0.2, 0.25) is 5.15 Å². The number of halogens is 2. The van der Waals surface area contributed by atoms with Crippen LogP contribution in [0.3, 0.4) is 0 Å². The summed E-state index contributed by atoms with van der Waals surface area (Å²) >= 11 is 9.15. The molecule has 0 amide bonds. The number of benzene rings is 1. The Labute approximate surface area is 130 Å². The molecule has 0 saturated carbocycles. The number of aromatic nitrogens is 1. The third-order valence-corrected chi connectivity index (χ3v) is 3.84. The van der Waals surface area contributed by atoms with Crippen molar-refractivity contribution >= 4 is 39.2 Å². The van der Waals surface area contributed by atoms with Gasteiger partial charge in [-0.15, -0.1) is 0 Å². The number of carbonyl (C=O) groups is 1. The zero-order chi connectivity index (χ0) is 14.5. The van der Waals surface area contributed by atoms with E-state index in [0.717, 1.165) is 11.3 Å². The second-order valence-corrected chi connectivity index (χ2v) is 5.21. The fraction of sp³-hybridized carbons (Fsp3) is 0.143. The molecule has 2 aromatic rings. The van der Waals surface area contributed by atoms with E-state index >= 15 is 0 Å². The Morgan fingerprint density at radius 1 is 1.45 bits per heavy atom. The van der Waals surface area contributed by atoms with E-state index in [1.54, 1.807) is 18.3 Å². The number of carbonyl (C=O) groups excluding carboxylic acids is 1. The first-order chi connectivity index (χ1) is 9.61. The highest BCUT2D eigenvalue weighted by Gasteiger charge is 2.10. The van der Waals surface area contributed by atoms with Crippen LogP contribution in [0, 0.1) is 0 Å². The van der Waals surface area contributed by atoms with Gasteiger partial charge in [-0.3, -0.25) is 0 Å². The van der Waals surface area contributed by atoms with Crippen LogP contribution in [0.4, 0.5) is 5.69 Å². The smallest absolute Gasteiger partial charge is 0.338 e. The first-order valence-corrected chi connectivity index (χ1v) is 7.00. The SMILES string of the molecule is COC(=O)c1ccccc1CNc1cnc(Cl)c(Br)c1. The third-order valence-electron chi connectivity index (χ3n) is 2.70. The topological polar surface area (TPSA) is 51.2 Å². The lowest BCUT2D eigenvalue weighted by Gasteiger charge is -2.10. The van der Waals surface area contributed by atoms with Crippen molar-refractivity contribution in [1.29, 1.82) is 0 Å². The standard InChI is InChI=1S/C14H12BrClN2O2/c1-20-14(19)11-5-3-2-4-9(11)7-17-10-6-12(15)13(16)18-8-10/h2-6,8,17H,7H2,1H3. The summed E-state index contributed by atoms with van der Waals surface area (Å²) in [5, 5.41) is 3.60. The first kappa shape index (κ1) is 14.8. The Morgan fingerprint density at radius 2 is 2.20 bits per heavy atom. The molecule has 4 nitrogen and oxygen atoms in total. The van der Waals surface area contributed by atoms with Gasteiger partial charge in [0.2, 0.25) is 0 Å². The van der Waals surface area contributed by atoms with Crippen molar-refractivity contribution in [2.75, 3.05) is 12.4 Å². The van der Waals surface area contributed by atoms with Crippen molar-refractivity contribution in [3.63, 3.8) is 0 Å². The number of anilines is 1. The monoisotopic (exact) mass is 354 g/mol. The van der Waals surface area contributed by atoms with E-state index in [2.05, 4.69) is 26.2 Å². The molecule has 20 heavy (non-hydrogen) atoms. The molecule has 0 spiro atoms. The molecule has 0 aliphatic rings. The van der Waals surface area contributed by atoms with Crippen LogP contribution in [0.1, 0.15) is 15.9 Å². The highest BCUT2D eigenvalue weighted by molar-refractivity contribution is 9.10. The highest BCUT2D eigenvalue weighted by atomic mass is 79.9. The van der Waals surface area contributed by atoms with Gasteiger partial charge in [-0.1, -0.05) is 29.8 Å². The minimum Gasteiger partial charge on any atom is -0.465 e. The largest absolute Gasteiger partial charge is 0.465 e. The van der Waals surface area contributed by atoms with E-state index in [1.807, 2.05) is 18.2 Å². The predicted octanol–water partition coefficient (Wildman–Crippen LogP) is 3.90. The predicted molar refractivity (Wildman–Crippen MR) is 82.1 cm³/mol. The molecule has 0 saturated heterocycles. The number of esters is 1. The zero-order valence-corrected chi connectivity index (χ0v) is 13.0. The van der Waals surface area contributed by atoms with Crippen molar-refractivity contribution in [1.82, 2.24) is 4.98 Å². The summed E-state index contributed by atoms with van der Waals surface area (Å²) in [5.74, 6) is -0.349. The molecule has 1 aromatic carbocycles. The van der Waals surface area contributed by atoms with Crippen molar-refractivity contribution in [3.05, 3.63) is 57.3 Å². The molecule has 6 heteroatoms. The van der Waals surface area contributed by atoms with Crippen LogP contribution in [-0.2, 0) is 11.3 Å². The maximum absolute atomic E-state index is 11.7. The van der Waals surface area contributed by atoms with Crippen LogP contribution >= 0.6 is 27.5 Å². The summed E-state index contributed by atoms with van der Waals surface area (Å²) in [6, 6.07) is 9.11. The minimum absolute atomic E-state index is 0.349. The van der Waals surface area contributed by atoms with Crippen molar-refractivity contribution in [2.24, 2.45) is 0 Å². The summed E-state index contributed by atoms with van der Waals surface area (Å²) in [4.78, 5) is 15.7. The number of nitrogens with one attached hydrogen (secondary N) is 1. The van der Waals surface area contributed by atoms with E-state index in [0.29, 0.717) is 21.7 Å². The second-order valence-electron chi connectivity index (χ2n) is 4.00. The van der Waals surface area contributed by atoms with Gasteiger partial charge in [-0.25, -0.2) is 9.78 Å². The third kappa shape index (κ3) is 3.49. The van der Waals surface area contributed by atoms with Gasteiger partial charge >= 0.3 is 5.97 Å². The summed E-state index contributed by atoms with van der Waals surface area (Å²) in [6.45, 7) is 0.487. The number of ether oxygens (including phenoxy) is 1. The molecule has 1 aromatic heterocycles. The van der Waals surface area contributed by atoms with Gasteiger partial charge in [0.1, 0.15) is 5.15 Å². The lowest BCUT2D eigenvalue weighted by Crippen LogP contribution is -2.09. The molecule has 104 valence electrons. The molecule has 0 aliphatic heterocycles. The average molecular weight is 356 g/mol. The average Bonchev–Trinajstić information content (AvgIpc) is 2.48. The van der Waals surface area contributed by atoms with Crippen molar-refractivity contribution < 1.29 is 9.53 Å². The van der Waals surface area contributed by atoms with Gasteiger partial charge in [0, 0.05) is 6.54 Å². The number of methoxy groups -OCH3 is 1. The van der Waals surface area contributed by atoms with Crippen molar-refractivity contribution in [2.45, 2.75) is 6.54 Å². The van der Waals surface area contributed by atoms with Gasteiger partial charge in [-0.05, 0) is 33.6 Å². The normalized spacial score (nSPS) is 10.2. The summed E-state index contributed by atoms with van der Waals surface area (Å²) < 4.78 is 5.47. The van der Waals surface area contributed by atoms with E-state index in [1.165, 1.54) is 7.11 Å². The Kier molecular flexibility index (Phi) is 4.98. The molecule has 0 radical (unpaired) electrons. The van der Waals surface area contributed by atoms with Gasteiger partial charge in [0.25, 0.3) is 0 Å². The molecule has 0 bridgehead atoms. The quantitative estimate of drug-likeness (QED) is 0.667. The summed E-state index contributed by atoms with van der Waals surface area (Å²) in [6.07, 6.45) is 1.63. The Balaban J connectivity index is 2.14. The number of hydrogen-bond donors (Lipinski definition) is 1.